The Morgan fingerprint density at radius 3 is 2.75 bits per heavy atom. The SMILES string of the molecule is O=C(c1cccc(Br)c1)C1CC1. The van der Waals surface area contributed by atoms with Crippen LogP contribution < -0.4 is 0 Å². The highest BCUT2D eigenvalue weighted by Gasteiger charge is 2.30. The van der Waals surface area contributed by atoms with Crippen molar-refractivity contribution in [1.82, 2.24) is 0 Å². The Morgan fingerprint density at radius 1 is 1.42 bits per heavy atom. The molecular weight excluding hydrogens is 216 g/mol. The van der Waals surface area contributed by atoms with Crippen LogP contribution in [0, 0.1) is 5.92 Å². The van der Waals surface area contributed by atoms with Gasteiger partial charge in [-0.1, -0.05) is 28.1 Å². The van der Waals surface area contributed by atoms with E-state index >= 15 is 0 Å². The first-order valence-corrected chi connectivity index (χ1v) is 4.86. The van der Waals surface area contributed by atoms with Crippen LogP contribution in [0.2, 0.25) is 0 Å². The Labute approximate surface area is 79.9 Å². The molecule has 1 aliphatic rings. The third-order valence-electron chi connectivity index (χ3n) is 2.06. The summed E-state index contributed by atoms with van der Waals surface area (Å²) in [5, 5.41) is 0. The second kappa shape index (κ2) is 3.02. The van der Waals surface area contributed by atoms with Crippen LogP contribution in [0.3, 0.4) is 0 Å². The van der Waals surface area contributed by atoms with Gasteiger partial charge in [-0.25, -0.2) is 0 Å². The molecule has 62 valence electrons. The Morgan fingerprint density at radius 2 is 2.17 bits per heavy atom. The number of hydrogen-bond donors (Lipinski definition) is 0. The Balaban J connectivity index is 2.26. The highest BCUT2D eigenvalue weighted by molar-refractivity contribution is 9.10. The molecule has 2 heteroatoms. The first-order valence-electron chi connectivity index (χ1n) is 4.07. The van der Waals surface area contributed by atoms with E-state index in [0.29, 0.717) is 11.7 Å². The number of Topliss-reactive ketones (excluding diaryl/α,β-unsaturated/α-hetero) is 1. The van der Waals surface area contributed by atoms with Crippen LogP contribution in [-0.2, 0) is 0 Å². The maximum atomic E-state index is 11.5. The molecule has 0 aliphatic heterocycles. The molecule has 0 atom stereocenters. The Hall–Kier alpha value is -0.630. The minimum atomic E-state index is 0.302. The molecule has 1 saturated carbocycles. The number of ketones is 1. The van der Waals surface area contributed by atoms with E-state index < -0.39 is 0 Å². The predicted octanol–water partition coefficient (Wildman–Crippen LogP) is 3.04. The number of carbonyl (C=O) groups is 1. The summed E-state index contributed by atoms with van der Waals surface area (Å²) in [5.74, 6) is 0.621. The van der Waals surface area contributed by atoms with Crippen molar-refractivity contribution in [3.63, 3.8) is 0 Å². The van der Waals surface area contributed by atoms with Crippen molar-refractivity contribution < 1.29 is 4.79 Å². The summed E-state index contributed by atoms with van der Waals surface area (Å²) in [6.07, 6.45) is 2.15. The van der Waals surface area contributed by atoms with Crippen LogP contribution in [0.4, 0.5) is 0 Å². The number of halogens is 1. The number of benzene rings is 1. The van der Waals surface area contributed by atoms with Crippen molar-refractivity contribution >= 4 is 21.7 Å². The fraction of sp³-hybridized carbons (Fsp3) is 0.300. The van der Waals surface area contributed by atoms with E-state index in [0.717, 1.165) is 22.9 Å². The number of carbonyl (C=O) groups excluding carboxylic acids is 1. The predicted molar refractivity (Wildman–Crippen MR) is 51.2 cm³/mol. The van der Waals surface area contributed by atoms with Crippen LogP contribution in [0.15, 0.2) is 28.7 Å². The van der Waals surface area contributed by atoms with E-state index in [-0.39, 0.29) is 0 Å². The van der Waals surface area contributed by atoms with Gasteiger partial charge in [0.25, 0.3) is 0 Å². The Kier molecular flexibility index (Phi) is 2.01. The lowest BCUT2D eigenvalue weighted by Crippen LogP contribution is -2.00. The van der Waals surface area contributed by atoms with Gasteiger partial charge in [0.15, 0.2) is 5.78 Å². The zero-order chi connectivity index (χ0) is 8.55. The molecular formula is C10H9BrO. The van der Waals surface area contributed by atoms with Gasteiger partial charge in [0.05, 0.1) is 0 Å². The molecule has 0 N–H and O–H groups in total. The average Bonchev–Trinajstić information content (AvgIpc) is 2.85. The summed E-state index contributed by atoms with van der Waals surface area (Å²) in [4.78, 5) is 11.5. The molecule has 2 rings (SSSR count). The molecule has 1 aliphatic carbocycles. The van der Waals surface area contributed by atoms with Crippen molar-refractivity contribution in [1.29, 1.82) is 0 Å². The van der Waals surface area contributed by atoms with E-state index in [1.165, 1.54) is 0 Å². The lowest BCUT2D eigenvalue weighted by atomic mass is 10.1. The maximum Gasteiger partial charge on any atom is 0.165 e. The van der Waals surface area contributed by atoms with Crippen molar-refractivity contribution in [2.24, 2.45) is 5.92 Å². The zero-order valence-electron chi connectivity index (χ0n) is 6.59. The summed E-state index contributed by atoms with van der Waals surface area (Å²) in [5.41, 5.74) is 0.840. The normalized spacial score (nSPS) is 16.1. The van der Waals surface area contributed by atoms with Crippen LogP contribution in [0.25, 0.3) is 0 Å². The maximum absolute atomic E-state index is 11.5. The molecule has 1 nitrogen and oxygen atoms in total. The summed E-state index contributed by atoms with van der Waals surface area (Å²) < 4.78 is 0.981. The minimum absolute atomic E-state index is 0.302. The van der Waals surface area contributed by atoms with Crippen molar-refractivity contribution in [3.8, 4) is 0 Å². The fourth-order valence-corrected chi connectivity index (χ4v) is 1.62. The van der Waals surface area contributed by atoms with Gasteiger partial charge in [0.2, 0.25) is 0 Å². The van der Waals surface area contributed by atoms with E-state index in [4.69, 9.17) is 0 Å². The van der Waals surface area contributed by atoms with Gasteiger partial charge in [-0.05, 0) is 25.0 Å². The summed E-state index contributed by atoms with van der Waals surface area (Å²) in [6, 6.07) is 7.61. The van der Waals surface area contributed by atoms with Crippen LogP contribution in [-0.4, -0.2) is 5.78 Å². The third kappa shape index (κ3) is 1.58. The molecule has 0 bridgehead atoms. The van der Waals surface area contributed by atoms with Crippen LogP contribution in [0.1, 0.15) is 23.2 Å². The first kappa shape index (κ1) is 7.99. The smallest absolute Gasteiger partial charge is 0.165 e. The van der Waals surface area contributed by atoms with Crippen molar-refractivity contribution in [3.05, 3.63) is 34.3 Å². The lowest BCUT2D eigenvalue weighted by molar-refractivity contribution is 0.0967. The third-order valence-corrected chi connectivity index (χ3v) is 2.55. The molecule has 0 spiro atoms. The van der Waals surface area contributed by atoms with Gasteiger partial charge >= 0.3 is 0 Å². The fourth-order valence-electron chi connectivity index (χ4n) is 1.22. The highest BCUT2D eigenvalue weighted by Crippen LogP contribution is 2.32. The van der Waals surface area contributed by atoms with E-state index in [9.17, 15) is 4.79 Å². The largest absolute Gasteiger partial charge is 0.294 e. The standard InChI is InChI=1S/C10H9BrO/c11-9-3-1-2-8(6-9)10(12)7-4-5-7/h1-3,6-7H,4-5H2. The van der Waals surface area contributed by atoms with Gasteiger partial charge in [-0.15, -0.1) is 0 Å². The van der Waals surface area contributed by atoms with Crippen molar-refractivity contribution in [2.75, 3.05) is 0 Å². The topological polar surface area (TPSA) is 17.1 Å². The number of hydrogen-bond acceptors (Lipinski definition) is 1. The minimum Gasteiger partial charge on any atom is -0.294 e. The Bertz CT molecular complexity index is 315. The highest BCUT2D eigenvalue weighted by atomic mass is 79.9. The van der Waals surface area contributed by atoms with Crippen LogP contribution in [0.5, 0.6) is 0 Å². The molecule has 12 heavy (non-hydrogen) atoms. The number of rotatable bonds is 2. The first-order chi connectivity index (χ1) is 5.77. The molecule has 0 unspecified atom stereocenters. The monoisotopic (exact) mass is 224 g/mol. The lowest BCUT2D eigenvalue weighted by Gasteiger charge is -1.97. The van der Waals surface area contributed by atoms with Crippen LogP contribution >= 0.6 is 15.9 Å². The van der Waals surface area contributed by atoms with Gasteiger partial charge in [-0.3, -0.25) is 4.79 Å². The second-order valence-electron chi connectivity index (χ2n) is 3.15. The molecule has 0 heterocycles. The summed E-state index contributed by atoms with van der Waals surface area (Å²) in [6.45, 7) is 0. The van der Waals surface area contributed by atoms with E-state index in [1.54, 1.807) is 0 Å². The molecule has 0 radical (unpaired) electrons. The summed E-state index contributed by atoms with van der Waals surface area (Å²) >= 11 is 3.35. The van der Waals surface area contributed by atoms with E-state index in [2.05, 4.69) is 15.9 Å². The quantitative estimate of drug-likeness (QED) is 0.707. The van der Waals surface area contributed by atoms with Gasteiger partial charge in [-0.2, -0.15) is 0 Å². The van der Waals surface area contributed by atoms with E-state index in [1.807, 2.05) is 24.3 Å². The molecule has 0 amide bonds. The molecule has 1 fully saturated rings. The van der Waals surface area contributed by atoms with Gasteiger partial charge in [0.1, 0.15) is 0 Å². The average molecular weight is 225 g/mol. The van der Waals surface area contributed by atoms with Crippen molar-refractivity contribution in [2.45, 2.75) is 12.8 Å². The second-order valence-corrected chi connectivity index (χ2v) is 4.06. The molecule has 0 aromatic heterocycles. The molecule has 1 aromatic rings. The van der Waals surface area contributed by atoms with Gasteiger partial charge < -0.3 is 0 Å². The summed E-state index contributed by atoms with van der Waals surface area (Å²) in [7, 11) is 0. The van der Waals surface area contributed by atoms with Gasteiger partial charge in [0, 0.05) is 16.0 Å². The zero-order valence-corrected chi connectivity index (χ0v) is 8.17. The molecule has 1 aromatic carbocycles. The molecule has 0 saturated heterocycles.